The van der Waals surface area contributed by atoms with Gasteiger partial charge in [0, 0.05) is 36.5 Å². The van der Waals surface area contributed by atoms with Crippen molar-refractivity contribution in [3.8, 4) is 0 Å². The fourth-order valence-electron chi connectivity index (χ4n) is 2.05. The predicted molar refractivity (Wildman–Crippen MR) is 84.1 cm³/mol. The van der Waals surface area contributed by atoms with Crippen LogP contribution in [0.3, 0.4) is 0 Å². The molecule has 0 saturated carbocycles. The SMILES string of the molecule is CCN(CC)CCNCc1c(Cl)cccc1S(C)(=O)=O. The second kappa shape index (κ2) is 7.98. The summed E-state index contributed by atoms with van der Waals surface area (Å²) >= 11 is 6.12. The van der Waals surface area contributed by atoms with E-state index in [0.717, 1.165) is 26.2 Å². The Balaban J connectivity index is 2.69. The highest BCUT2D eigenvalue weighted by molar-refractivity contribution is 7.90. The molecule has 0 atom stereocenters. The van der Waals surface area contributed by atoms with Gasteiger partial charge in [-0.2, -0.15) is 0 Å². The molecule has 0 spiro atoms. The van der Waals surface area contributed by atoms with Gasteiger partial charge in [0.25, 0.3) is 0 Å². The molecule has 0 radical (unpaired) electrons. The second-order valence-corrected chi connectivity index (χ2v) is 7.08. The molecule has 1 N–H and O–H groups in total. The van der Waals surface area contributed by atoms with Gasteiger partial charge in [-0.1, -0.05) is 31.5 Å². The van der Waals surface area contributed by atoms with Crippen molar-refractivity contribution in [2.24, 2.45) is 0 Å². The summed E-state index contributed by atoms with van der Waals surface area (Å²) in [6.07, 6.45) is 1.21. The number of benzene rings is 1. The molecule has 0 aliphatic rings. The number of nitrogens with zero attached hydrogens (tertiary/aromatic N) is 1. The van der Waals surface area contributed by atoms with Gasteiger partial charge in [-0.25, -0.2) is 8.42 Å². The third-order valence-corrected chi connectivity index (χ3v) is 4.81. The van der Waals surface area contributed by atoms with Crippen molar-refractivity contribution >= 4 is 21.4 Å². The van der Waals surface area contributed by atoms with E-state index in [9.17, 15) is 8.42 Å². The molecule has 0 bridgehead atoms. The van der Waals surface area contributed by atoms with Crippen LogP contribution < -0.4 is 5.32 Å². The van der Waals surface area contributed by atoms with Crippen molar-refractivity contribution in [1.82, 2.24) is 10.2 Å². The van der Waals surface area contributed by atoms with Crippen molar-refractivity contribution in [1.29, 1.82) is 0 Å². The van der Waals surface area contributed by atoms with Crippen molar-refractivity contribution in [3.05, 3.63) is 28.8 Å². The second-order valence-electron chi connectivity index (χ2n) is 4.69. The summed E-state index contributed by atoms with van der Waals surface area (Å²) in [6, 6.07) is 4.98. The van der Waals surface area contributed by atoms with Crippen molar-refractivity contribution in [2.45, 2.75) is 25.3 Å². The number of hydrogen-bond acceptors (Lipinski definition) is 4. The van der Waals surface area contributed by atoms with Crippen LogP contribution in [0.25, 0.3) is 0 Å². The average Bonchev–Trinajstić information content (AvgIpc) is 2.39. The summed E-state index contributed by atoms with van der Waals surface area (Å²) in [4.78, 5) is 2.61. The zero-order valence-electron chi connectivity index (χ0n) is 12.3. The van der Waals surface area contributed by atoms with Gasteiger partial charge in [0.05, 0.1) is 4.90 Å². The lowest BCUT2D eigenvalue weighted by Gasteiger charge is -2.18. The zero-order valence-corrected chi connectivity index (χ0v) is 13.9. The maximum Gasteiger partial charge on any atom is 0.175 e. The Morgan fingerprint density at radius 2 is 1.90 bits per heavy atom. The Morgan fingerprint density at radius 3 is 2.45 bits per heavy atom. The van der Waals surface area contributed by atoms with Crippen LogP contribution in [0.4, 0.5) is 0 Å². The quantitative estimate of drug-likeness (QED) is 0.746. The number of hydrogen-bond donors (Lipinski definition) is 1. The topological polar surface area (TPSA) is 49.4 Å². The number of sulfone groups is 1. The average molecular weight is 319 g/mol. The monoisotopic (exact) mass is 318 g/mol. The molecule has 0 aliphatic carbocycles. The molecule has 0 aliphatic heterocycles. The van der Waals surface area contributed by atoms with Crippen LogP contribution in [-0.4, -0.2) is 45.8 Å². The first kappa shape index (κ1) is 17.4. The molecule has 6 heteroatoms. The van der Waals surface area contributed by atoms with Crippen molar-refractivity contribution < 1.29 is 8.42 Å². The fourth-order valence-corrected chi connectivity index (χ4v) is 3.30. The van der Waals surface area contributed by atoms with E-state index in [4.69, 9.17) is 11.6 Å². The summed E-state index contributed by atoms with van der Waals surface area (Å²) in [7, 11) is -3.25. The minimum Gasteiger partial charge on any atom is -0.311 e. The van der Waals surface area contributed by atoms with E-state index < -0.39 is 9.84 Å². The van der Waals surface area contributed by atoms with Crippen LogP contribution >= 0.6 is 11.6 Å². The first-order valence-electron chi connectivity index (χ1n) is 6.80. The molecule has 0 aromatic heterocycles. The van der Waals surface area contributed by atoms with Gasteiger partial charge in [0.2, 0.25) is 0 Å². The standard InChI is InChI=1S/C14H23ClN2O2S/c1-4-17(5-2)10-9-16-11-12-13(15)7-6-8-14(12)20(3,18)19/h6-8,16H,4-5,9-11H2,1-3H3. The van der Waals surface area contributed by atoms with Gasteiger partial charge in [-0.3, -0.25) is 0 Å². The third-order valence-electron chi connectivity index (χ3n) is 3.28. The summed E-state index contributed by atoms with van der Waals surface area (Å²) in [5, 5.41) is 3.75. The molecule has 0 unspecified atom stereocenters. The maximum absolute atomic E-state index is 11.7. The molecule has 0 heterocycles. The van der Waals surface area contributed by atoms with E-state index in [1.165, 1.54) is 6.26 Å². The van der Waals surface area contributed by atoms with E-state index in [2.05, 4.69) is 24.1 Å². The molecule has 0 saturated heterocycles. The van der Waals surface area contributed by atoms with E-state index in [-0.39, 0.29) is 0 Å². The van der Waals surface area contributed by atoms with Gasteiger partial charge >= 0.3 is 0 Å². The number of halogens is 1. The summed E-state index contributed by atoms with van der Waals surface area (Å²) in [5.41, 5.74) is 0.649. The molecule has 1 aromatic rings. The summed E-state index contributed by atoms with van der Waals surface area (Å²) in [6.45, 7) is 8.47. The summed E-state index contributed by atoms with van der Waals surface area (Å²) < 4.78 is 23.5. The predicted octanol–water partition coefficient (Wildman–Crippen LogP) is 2.17. The van der Waals surface area contributed by atoms with Gasteiger partial charge in [-0.05, 0) is 25.2 Å². The van der Waals surface area contributed by atoms with Crippen LogP contribution in [0.5, 0.6) is 0 Å². The zero-order chi connectivity index (χ0) is 15.2. The van der Waals surface area contributed by atoms with E-state index in [0.29, 0.717) is 22.0 Å². The molecule has 1 aromatic carbocycles. The van der Waals surface area contributed by atoms with Crippen molar-refractivity contribution in [3.63, 3.8) is 0 Å². The Bertz CT molecular complexity index is 528. The largest absolute Gasteiger partial charge is 0.311 e. The van der Waals surface area contributed by atoms with Gasteiger partial charge in [0.1, 0.15) is 0 Å². The first-order chi connectivity index (χ1) is 9.40. The number of nitrogens with one attached hydrogen (secondary N) is 1. The van der Waals surface area contributed by atoms with Gasteiger partial charge in [0.15, 0.2) is 9.84 Å². The first-order valence-corrected chi connectivity index (χ1v) is 9.07. The molecule has 0 amide bonds. The molecular weight excluding hydrogens is 296 g/mol. The van der Waals surface area contributed by atoms with E-state index >= 15 is 0 Å². The Labute approximate surface area is 127 Å². The molecule has 0 fully saturated rings. The fraction of sp³-hybridized carbons (Fsp3) is 0.571. The van der Waals surface area contributed by atoms with Gasteiger partial charge < -0.3 is 10.2 Å². The van der Waals surface area contributed by atoms with E-state index in [1.807, 2.05) is 0 Å². The molecule has 4 nitrogen and oxygen atoms in total. The lowest BCUT2D eigenvalue weighted by atomic mass is 10.2. The molecule has 114 valence electrons. The minimum atomic E-state index is -3.25. The Morgan fingerprint density at radius 1 is 1.25 bits per heavy atom. The van der Waals surface area contributed by atoms with Crippen LogP contribution in [0.1, 0.15) is 19.4 Å². The van der Waals surface area contributed by atoms with Crippen LogP contribution in [-0.2, 0) is 16.4 Å². The highest BCUT2D eigenvalue weighted by atomic mass is 35.5. The van der Waals surface area contributed by atoms with E-state index in [1.54, 1.807) is 18.2 Å². The smallest absolute Gasteiger partial charge is 0.175 e. The van der Waals surface area contributed by atoms with Crippen LogP contribution in [0.2, 0.25) is 5.02 Å². The maximum atomic E-state index is 11.7. The lowest BCUT2D eigenvalue weighted by Crippen LogP contribution is -2.31. The van der Waals surface area contributed by atoms with Crippen LogP contribution in [0.15, 0.2) is 23.1 Å². The normalized spacial score (nSPS) is 12.1. The molecule has 1 rings (SSSR count). The molecular formula is C14H23ClN2O2S. The van der Waals surface area contributed by atoms with Crippen molar-refractivity contribution in [2.75, 3.05) is 32.4 Å². The van der Waals surface area contributed by atoms with Gasteiger partial charge in [-0.15, -0.1) is 0 Å². The lowest BCUT2D eigenvalue weighted by molar-refractivity contribution is 0.302. The Kier molecular flexibility index (Phi) is 6.95. The molecule has 20 heavy (non-hydrogen) atoms. The number of rotatable bonds is 8. The number of likely N-dealkylation sites (N-methyl/N-ethyl adjacent to an activating group) is 1. The summed E-state index contributed by atoms with van der Waals surface area (Å²) in [5.74, 6) is 0. The minimum absolute atomic E-state index is 0.306. The highest BCUT2D eigenvalue weighted by Crippen LogP contribution is 2.23. The Hall–Kier alpha value is -0.620. The highest BCUT2D eigenvalue weighted by Gasteiger charge is 2.15. The third kappa shape index (κ3) is 5.05. The van der Waals surface area contributed by atoms with Crippen LogP contribution in [0, 0.1) is 0 Å².